The molecule has 3 amide bonds. The molecule has 1 saturated heterocycles. The third-order valence-corrected chi connectivity index (χ3v) is 5.23. The maximum atomic E-state index is 12.6. The lowest BCUT2D eigenvalue weighted by molar-refractivity contribution is -0.131. The molecule has 114 valence electrons. The smallest absolute Gasteiger partial charge is 0.325 e. The second-order valence-electron chi connectivity index (χ2n) is 5.77. The van der Waals surface area contributed by atoms with Gasteiger partial charge < -0.3 is 9.84 Å². The van der Waals surface area contributed by atoms with Gasteiger partial charge in [-0.1, -0.05) is 24.1 Å². The summed E-state index contributed by atoms with van der Waals surface area (Å²) in [4.78, 5) is 26.9. The highest BCUT2D eigenvalue weighted by Gasteiger charge is 2.52. The fourth-order valence-corrected chi connectivity index (χ4v) is 3.89. The Hall–Kier alpha value is -2.15. The minimum atomic E-state index is -0.669. The van der Waals surface area contributed by atoms with Gasteiger partial charge in [-0.05, 0) is 24.3 Å². The van der Waals surface area contributed by atoms with E-state index in [-0.39, 0.29) is 18.5 Å². The SMILES string of the molecule is O=C1NC2(CCCC2)C(=O)N1Cc1cc(-c2cccs2)on1. The quantitative estimate of drug-likeness (QED) is 0.883. The zero-order chi connectivity index (χ0) is 15.2. The van der Waals surface area contributed by atoms with Crippen LogP contribution in [0, 0.1) is 0 Å². The topological polar surface area (TPSA) is 75.4 Å². The van der Waals surface area contributed by atoms with Crippen LogP contribution in [0.25, 0.3) is 10.6 Å². The van der Waals surface area contributed by atoms with Crippen LogP contribution in [0.4, 0.5) is 4.79 Å². The first-order valence-corrected chi connectivity index (χ1v) is 8.19. The summed E-state index contributed by atoms with van der Waals surface area (Å²) in [5, 5.41) is 8.80. The Morgan fingerprint density at radius 3 is 2.91 bits per heavy atom. The monoisotopic (exact) mass is 317 g/mol. The van der Waals surface area contributed by atoms with Crippen molar-refractivity contribution in [2.75, 3.05) is 0 Å². The van der Waals surface area contributed by atoms with E-state index in [0.717, 1.165) is 30.6 Å². The van der Waals surface area contributed by atoms with E-state index in [2.05, 4.69) is 10.5 Å². The van der Waals surface area contributed by atoms with Crippen LogP contribution in [0.5, 0.6) is 0 Å². The van der Waals surface area contributed by atoms with E-state index in [9.17, 15) is 9.59 Å². The second-order valence-corrected chi connectivity index (χ2v) is 6.72. The minimum Gasteiger partial charge on any atom is -0.355 e. The molecule has 6 nitrogen and oxygen atoms in total. The van der Waals surface area contributed by atoms with Crippen molar-refractivity contribution in [3.05, 3.63) is 29.3 Å². The Bertz CT molecular complexity index is 716. The summed E-state index contributed by atoms with van der Waals surface area (Å²) in [5.41, 5.74) is -0.0841. The van der Waals surface area contributed by atoms with Crippen molar-refractivity contribution >= 4 is 23.3 Å². The summed E-state index contributed by atoms with van der Waals surface area (Å²) in [6.45, 7) is 0.154. The number of hydrogen-bond acceptors (Lipinski definition) is 5. The third-order valence-electron chi connectivity index (χ3n) is 4.35. The summed E-state index contributed by atoms with van der Waals surface area (Å²) in [5.74, 6) is 0.531. The van der Waals surface area contributed by atoms with Crippen molar-refractivity contribution in [1.82, 2.24) is 15.4 Å². The molecule has 1 N–H and O–H groups in total. The molecule has 0 bridgehead atoms. The summed E-state index contributed by atoms with van der Waals surface area (Å²) in [7, 11) is 0. The van der Waals surface area contributed by atoms with Crippen molar-refractivity contribution in [2.24, 2.45) is 0 Å². The molecule has 2 aliphatic rings. The number of carbonyl (C=O) groups is 2. The molecule has 3 heterocycles. The normalized spacial score (nSPS) is 20.1. The van der Waals surface area contributed by atoms with Crippen molar-refractivity contribution in [3.8, 4) is 10.6 Å². The maximum absolute atomic E-state index is 12.6. The van der Waals surface area contributed by atoms with Crippen molar-refractivity contribution < 1.29 is 14.1 Å². The number of thiophene rings is 1. The fourth-order valence-electron chi connectivity index (χ4n) is 3.22. The lowest BCUT2D eigenvalue weighted by Gasteiger charge is -2.19. The molecule has 22 heavy (non-hydrogen) atoms. The predicted molar refractivity (Wildman–Crippen MR) is 80.1 cm³/mol. The third kappa shape index (κ3) is 2.04. The molecule has 2 fully saturated rings. The van der Waals surface area contributed by atoms with E-state index in [4.69, 9.17) is 4.52 Å². The summed E-state index contributed by atoms with van der Waals surface area (Å²) < 4.78 is 5.30. The van der Waals surface area contributed by atoms with Gasteiger partial charge in [0.05, 0.1) is 11.4 Å². The Balaban J connectivity index is 1.54. The first-order chi connectivity index (χ1) is 10.7. The van der Waals surface area contributed by atoms with E-state index in [0.29, 0.717) is 11.5 Å². The number of aromatic nitrogens is 1. The van der Waals surface area contributed by atoms with Crippen LogP contribution in [0.2, 0.25) is 0 Å². The lowest BCUT2D eigenvalue weighted by atomic mass is 9.98. The van der Waals surface area contributed by atoms with Gasteiger partial charge in [0, 0.05) is 6.07 Å². The molecular formula is C15H15N3O3S. The zero-order valence-corrected chi connectivity index (χ0v) is 12.7. The Morgan fingerprint density at radius 2 is 2.18 bits per heavy atom. The number of imide groups is 1. The Labute approximate surface area is 131 Å². The molecule has 0 radical (unpaired) electrons. The molecule has 1 spiro atoms. The van der Waals surface area contributed by atoms with E-state index in [1.54, 1.807) is 17.4 Å². The van der Waals surface area contributed by atoms with Crippen LogP contribution in [0.1, 0.15) is 31.4 Å². The lowest BCUT2D eigenvalue weighted by Crippen LogP contribution is -2.44. The molecule has 7 heteroatoms. The first kappa shape index (κ1) is 13.5. The van der Waals surface area contributed by atoms with Crippen LogP contribution < -0.4 is 5.32 Å². The van der Waals surface area contributed by atoms with Gasteiger partial charge in [0.1, 0.15) is 11.2 Å². The molecule has 1 saturated carbocycles. The van der Waals surface area contributed by atoms with Crippen LogP contribution in [-0.4, -0.2) is 27.5 Å². The molecule has 0 unspecified atom stereocenters. The van der Waals surface area contributed by atoms with Gasteiger partial charge in [-0.25, -0.2) is 4.79 Å². The number of amides is 3. The molecule has 1 aliphatic carbocycles. The Kier molecular flexibility index (Phi) is 3.04. The molecule has 0 aromatic carbocycles. The fraction of sp³-hybridized carbons (Fsp3) is 0.400. The van der Waals surface area contributed by atoms with Crippen molar-refractivity contribution in [1.29, 1.82) is 0 Å². The standard InChI is InChI=1S/C15H15N3O3S/c19-13-15(5-1-2-6-15)16-14(20)18(13)9-10-8-11(21-17-10)12-4-3-7-22-12/h3-4,7-8H,1-2,5-6,9H2,(H,16,20). The minimum absolute atomic E-state index is 0.129. The van der Waals surface area contributed by atoms with Gasteiger partial charge >= 0.3 is 6.03 Å². The number of nitrogens with zero attached hydrogens (tertiary/aromatic N) is 2. The largest absolute Gasteiger partial charge is 0.355 e. The summed E-state index contributed by atoms with van der Waals surface area (Å²) >= 11 is 1.55. The molecule has 4 rings (SSSR count). The number of hydrogen-bond donors (Lipinski definition) is 1. The van der Waals surface area contributed by atoms with Gasteiger partial charge in [0.15, 0.2) is 5.76 Å². The maximum Gasteiger partial charge on any atom is 0.325 e. The number of nitrogens with one attached hydrogen (secondary N) is 1. The number of carbonyl (C=O) groups excluding carboxylic acids is 2. The molecule has 2 aromatic heterocycles. The Morgan fingerprint density at radius 1 is 1.36 bits per heavy atom. The van der Waals surface area contributed by atoms with Gasteiger partial charge in [-0.2, -0.15) is 0 Å². The van der Waals surface area contributed by atoms with Crippen molar-refractivity contribution in [3.63, 3.8) is 0 Å². The van der Waals surface area contributed by atoms with Gasteiger partial charge in [-0.3, -0.25) is 9.69 Å². The highest BCUT2D eigenvalue weighted by molar-refractivity contribution is 7.13. The highest BCUT2D eigenvalue weighted by Crippen LogP contribution is 2.35. The van der Waals surface area contributed by atoms with E-state index in [1.165, 1.54) is 4.90 Å². The average Bonchev–Trinajstić information content (AvgIpc) is 3.25. The molecule has 1 aliphatic heterocycles. The molecule has 2 aromatic rings. The molecule has 0 atom stereocenters. The van der Waals surface area contributed by atoms with E-state index < -0.39 is 5.54 Å². The van der Waals surface area contributed by atoms with Crippen LogP contribution in [0.3, 0.4) is 0 Å². The van der Waals surface area contributed by atoms with Crippen LogP contribution >= 0.6 is 11.3 Å². The molecular weight excluding hydrogens is 302 g/mol. The predicted octanol–water partition coefficient (Wildman–Crippen LogP) is 2.77. The van der Waals surface area contributed by atoms with Gasteiger partial charge in [-0.15, -0.1) is 11.3 Å². The van der Waals surface area contributed by atoms with E-state index in [1.807, 2.05) is 17.5 Å². The number of urea groups is 1. The van der Waals surface area contributed by atoms with E-state index >= 15 is 0 Å². The highest BCUT2D eigenvalue weighted by atomic mass is 32.1. The van der Waals surface area contributed by atoms with Gasteiger partial charge in [0.25, 0.3) is 5.91 Å². The second kappa shape index (κ2) is 4.95. The van der Waals surface area contributed by atoms with Gasteiger partial charge in [0.2, 0.25) is 0 Å². The number of rotatable bonds is 3. The first-order valence-electron chi connectivity index (χ1n) is 7.32. The van der Waals surface area contributed by atoms with Crippen LogP contribution in [0.15, 0.2) is 28.1 Å². The zero-order valence-electron chi connectivity index (χ0n) is 11.9. The average molecular weight is 317 g/mol. The van der Waals surface area contributed by atoms with Crippen molar-refractivity contribution in [2.45, 2.75) is 37.8 Å². The summed E-state index contributed by atoms with van der Waals surface area (Å²) in [6.07, 6.45) is 3.42. The van der Waals surface area contributed by atoms with Crippen LogP contribution in [-0.2, 0) is 11.3 Å². The summed E-state index contributed by atoms with van der Waals surface area (Å²) in [6, 6.07) is 5.33.